The van der Waals surface area contributed by atoms with Crippen molar-refractivity contribution in [2.24, 2.45) is 11.7 Å². The number of hydrogen-bond acceptors (Lipinski definition) is 2. The molecular weight excluding hydrogens is 166 g/mol. The van der Waals surface area contributed by atoms with Gasteiger partial charge in [0.1, 0.15) is 0 Å². The molecule has 0 saturated carbocycles. The average molecular weight is 181 g/mol. The van der Waals surface area contributed by atoms with E-state index in [1.54, 1.807) is 10.4 Å². The Labute approximate surface area is 77.6 Å². The first-order chi connectivity index (χ1) is 5.83. The first-order valence-electron chi connectivity index (χ1n) is 4.59. The number of rotatable bonds is 1. The molecule has 2 atom stereocenters. The fraction of sp³-hybridized carbons (Fsp3) is 0.600. The van der Waals surface area contributed by atoms with Gasteiger partial charge in [-0.05, 0) is 35.8 Å². The van der Waals surface area contributed by atoms with Gasteiger partial charge >= 0.3 is 0 Å². The molecule has 1 aliphatic carbocycles. The summed E-state index contributed by atoms with van der Waals surface area (Å²) in [6.45, 7) is 3.13. The first kappa shape index (κ1) is 8.27. The van der Waals surface area contributed by atoms with Crippen LogP contribution >= 0.6 is 11.3 Å². The van der Waals surface area contributed by atoms with E-state index in [-0.39, 0.29) is 0 Å². The van der Waals surface area contributed by atoms with Crippen LogP contribution in [-0.4, -0.2) is 6.54 Å². The van der Waals surface area contributed by atoms with E-state index in [2.05, 4.69) is 18.4 Å². The average Bonchev–Trinajstić information content (AvgIpc) is 2.52. The Kier molecular flexibility index (Phi) is 2.20. The highest BCUT2D eigenvalue weighted by atomic mass is 32.1. The first-order valence-corrected chi connectivity index (χ1v) is 5.47. The molecule has 1 nitrogen and oxygen atoms in total. The topological polar surface area (TPSA) is 26.0 Å². The van der Waals surface area contributed by atoms with E-state index in [0.29, 0.717) is 5.92 Å². The second-order valence-corrected chi connectivity index (χ2v) is 4.62. The number of hydrogen-bond donors (Lipinski definition) is 1. The molecule has 1 aromatic rings. The summed E-state index contributed by atoms with van der Waals surface area (Å²) in [5, 5.41) is 2.20. The molecule has 0 aromatic carbocycles. The summed E-state index contributed by atoms with van der Waals surface area (Å²) >= 11 is 1.88. The molecule has 2 heteroatoms. The molecule has 0 fully saturated rings. The van der Waals surface area contributed by atoms with Crippen LogP contribution in [0.15, 0.2) is 11.4 Å². The molecule has 0 spiro atoms. The van der Waals surface area contributed by atoms with Crippen LogP contribution in [0.3, 0.4) is 0 Å². The van der Waals surface area contributed by atoms with E-state index in [4.69, 9.17) is 5.73 Å². The zero-order valence-electron chi connectivity index (χ0n) is 7.42. The minimum atomic E-state index is 0.633. The van der Waals surface area contributed by atoms with E-state index >= 15 is 0 Å². The molecule has 2 rings (SSSR count). The molecular formula is C10H15NS. The van der Waals surface area contributed by atoms with Crippen molar-refractivity contribution in [2.45, 2.75) is 25.7 Å². The number of nitrogens with two attached hydrogens (primary N) is 1. The normalized spacial score (nSPS) is 28.5. The standard InChI is InChI=1S/C10H15NS/c1-7-2-3-8-4-5-12-10(8)9(7)6-11/h4-5,7,9H,2-3,6,11H2,1H3. The summed E-state index contributed by atoms with van der Waals surface area (Å²) in [7, 11) is 0. The monoisotopic (exact) mass is 181 g/mol. The molecule has 1 aromatic heterocycles. The van der Waals surface area contributed by atoms with E-state index in [9.17, 15) is 0 Å². The van der Waals surface area contributed by atoms with E-state index in [1.165, 1.54) is 12.8 Å². The van der Waals surface area contributed by atoms with Crippen LogP contribution < -0.4 is 5.73 Å². The molecule has 0 radical (unpaired) electrons. The van der Waals surface area contributed by atoms with Gasteiger partial charge in [0.2, 0.25) is 0 Å². The second kappa shape index (κ2) is 3.19. The summed E-state index contributed by atoms with van der Waals surface area (Å²) in [5.41, 5.74) is 7.32. The summed E-state index contributed by atoms with van der Waals surface area (Å²) in [5.74, 6) is 1.41. The van der Waals surface area contributed by atoms with E-state index in [1.807, 2.05) is 11.3 Å². The zero-order valence-corrected chi connectivity index (χ0v) is 8.23. The Morgan fingerprint density at radius 2 is 2.50 bits per heavy atom. The van der Waals surface area contributed by atoms with Crippen molar-refractivity contribution in [3.8, 4) is 0 Å². The third kappa shape index (κ3) is 1.19. The molecule has 0 aliphatic heterocycles. The van der Waals surface area contributed by atoms with Gasteiger partial charge in [-0.1, -0.05) is 6.92 Å². The zero-order chi connectivity index (χ0) is 8.55. The second-order valence-electron chi connectivity index (χ2n) is 3.67. The van der Waals surface area contributed by atoms with Crippen LogP contribution in [0.4, 0.5) is 0 Å². The SMILES string of the molecule is CC1CCc2ccsc2C1CN. The van der Waals surface area contributed by atoms with E-state index < -0.39 is 0 Å². The van der Waals surface area contributed by atoms with Gasteiger partial charge in [0.05, 0.1) is 0 Å². The predicted octanol–water partition coefficient (Wildman–Crippen LogP) is 2.37. The lowest BCUT2D eigenvalue weighted by Crippen LogP contribution is -2.23. The molecule has 2 N–H and O–H groups in total. The lowest BCUT2D eigenvalue weighted by atomic mass is 9.81. The summed E-state index contributed by atoms with van der Waals surface area (Å²) in [6, 6.07) is 2.26. The van der Waals surface area contributed by atoms with Crippen molar-refractivity contribution in [3.05, 3.63) is 21.9 Å². The maximum Gasteiger partial charge on any atom is 0.0123 e. The third-order valence-corrected chi connectivity index (χ3v) is 4.02. The summed E-state index contributed by atoms with van der Waals surface area (Å²) in [4.78, 5) is 1.55. The molecule has 66 valence electrons. The fourth-order valence-electron chi connectivity index (χ4n) is 2.06. The number of thiophene rings is 1. The van der Waals surface area contributed by atoms with Gasteiger partial charge in [-0.15, -0.1) is 11.3 Å². The Morgan fingerprint density at radius 3 is 3.25 bits per heavy atom. The number of fused-ring (bicyclic) bond motifs is 1. The maximum absolute atomic E-state index is 5.77. The fourth-order valence-corrected chi connectivity index (χ4v) is 3.27. The predicted molar refractivity (Wildman–Crippen MR) is 53.6 cm³/mol. The Bertz CT molecular complexity index is 267. The smallest absolute Gasteiger partial charge is 0.0123 e. The van der Waals surface area contributed by atoms with Gasteiger partial charge in [-0.25, -0.2) is 0 Å². The molecule has 0 saturated heterocycles. The highest BCUT2D eigenvalue weighted by Gasteiger charge is 2.25. The largest absolute Gasteiger partial charge is 0.330 e. The molecule has 1 heterocycles. The number of aryl methyl sites for hydroxylation is 1. The maximum atomic E-state index is 5.77. The van der Waals surface area contributed by atoms with Gasteiger partial charge < -0.3 is 5.73 Å². The van der Waals surface area contributed by atoms with Gasteiger partial charge in [-0.2, -0.15) is 0 Å². The minimum absolute atomic E-state index is 0.633. The third-order valence-electron chi connectivity index (χ3n) is 2.93. The Balaban J connectivity index is 2.34. The summed E-state index contributed by atoms with van der Waals surface area (Å²) < 4.78 is 0. The Morgan fingerprint density at radius 1 is 1.67 bits per heavy atom. The van der Waals surface area contributed by atoms with Crippen LogP contribution in [0, 0.1) is 5.92 Å². The van der Waals surface area contributed by atoms with Crippen LogP contribution in [0.2, 0.25) is 0 Å². The van der Waals surface area contributed by atoms with Crippen molar-refractivity contribution >= 4 is 11.3 Å². The Hall–Kier alpha value is -0.340. The van der Waals surface area contributed by atoms with Crippen molar-refractivity contribution < 1.29 is 0 Å². The van der Waals surface area contributed by atoms with Crippen LogP contribution in [-0.2, 0) is 6.42 Å². The van der Waals surface area contributed by atoms with Crippen molar-refractivity contribution in [1.29, 1.82) is 0 Å². The molecule has 0 bridgehead atoms. The van der Waals surface area contributed by atoms with Gasteiger partial charge in [0.15, 0.2) is 0 Å². The summed E-state index contributed by atoms with van der Waals surface area (Å²) in [6.07, 6.45) is 2.57. The van der Waals surface area contributed by atoms with Crippen molar-refractivity contribution in [3.63, 3.8) is 0 Å². The minimum Gasteiger partial charge on any atom is -0.330 e. The lowest BCUT2D eigenvalue weighted by Gasteiger charge is -2.27. The quantitative estimate of drug-likeness (QED) is 0.707. The van der Waals surface area contributed by atoms with Crippen molar-refractivity contribution in [2.75, 3.05) is 6.54 Å². The molecule has 12 heavy (non-hydrogen) atoms. The van der Waals surface area contributed by atoms with Crippen LogP contribution in [0.5, 0.6) is 0 Å². The van der Waals surface area contributed by atoms with Gasteiger partial charge in [0.25, 0.3) is 0 Å². The molecule has 1 aliphatic rings. The highest BCUT2D eigenvalue weighted by Crippen LogP contribution is 2.38. The molecule has 0 amide bonds. The van der Waals surface area contributed by atoms with Crippen LogP contribution in [0.25, 0.3) is 0 Å². The van der Waals surface area contributed by atoms with Crippen LogP contribution in [0.1, 0.15) is 29.7 Å². The highest BCUT2D eigenvalue weighted by molar-refractivity contribution is 7.10. The lowest BCUT2D eigenvalue weighted by molar-refractivity contribution is 0.415. The van der Waals surface area contributed by atoms with Gasteiger partial charge in [0, 0.05) is 17.3 Å². The van der Waals surface area contributed by atoms with E-state index in [0.717, 1.165) is 12.5 Å². The molecule has 2 unspecified atom stereocenters. The van der Waals surface area contributed by atoms with Gasteiger partial charge in [-0.3, -0.25) is 0 Å². The van der Waals surface area contributed by atoms with Crippen molar-refractivity contribution in [1.82, 2.24) is 0 Å².